The lowest BCUT2D eigenvalue weighted by Gasteiger charge is -2.02. The highest BCUT2D eigenvalue weighted by Crippen LogP contribution is 2.14. The van der Waals surface area contributed by atoms with E-state index in [0.29, 0.717) is 0 Å². The van der Waals surface area contributed by atoms with Crippen LogP contribution in [0.5, 0.6) is 0 Å². The van der Waals surface area contributed by atoms with Crippen molar-refractivity contribution in [2.45, 2.75) is 12.8 Å². The topological polar surface area (TPSA) is 72.5 Å². The summed E-state index contributed by atoms with van der Waals surface area (Å²) in [5.41, 5.74) is 0. The fourth-order valence-electron chi connectivity index (χ4n) is 1.06. The van der Waals surface area contributed by atoms with Crippen LogP contribution in [0.15, 0.2) is 0 Å². The van der Waals surface area contributed by atoms with Crippen molar-refractivity contribution in [1.29, 1.82) is 0 Å². The molecule has 1 aliphatic rings. The normalized spacial score (nSPS) is 22.2. The van der Waals surface area contributed by atoms with E-state index in [4.69, 9.17) is 0 Å². The van der Waals surface area contributed by atoms with Crippen LogP contribution >= 0.6 is 0 Å². The largest absolute Gasteiger partial charge is 0.469 e. The van der Waals surface area contributed by atoms with Crippen LogP contribution in [0.2, 0.25) is 0 Å². The zero-order valence-electron chi connectivity index (χ0n) is 6.62. The average molecular weight is 171 g/mol. The van der Waals surface area contributed by atoms with Crippen molar-refractivity contribution in [2.75, 3.05) is 7.11 Å². The molecule has 2 amide bonds. The maximum absolute atomic E-state index is 10.9. The third kappa shape index (κ3) is 1.81. The molecule has 1 rings (SSSR count). The number of carbonyl (C=O) groups excluding carboxylic acids is 3. The van der Waals surface area contributed by atoms with Gasteiger partial charge in [0.05, 0.1) is 19.4 Å². The molecule has 5 nitrogen and oxygen atoms in total. The van der Waals surface area contributed by atoms with Crippen LogP contribution in [0.1, 0.15) is 12.8 Å². The standard InChI is InChI=1S/C7H9NO4/c1-12-6(10)3-4-2-5(9)8-7(4)11/h4H,2-3H2,1H3,(H,8,9,11). The molecule has 66 valence electrons. The molecule has 0 radical (unpaired) electrons. The summed E-state index contributed by atoms with van der Waals surface area (Å²) in [4.78, 5) is 32.3. The quantitative estimate of drug-likeness (QED) is 0.436. The predicted octanol–water partition coefficient (Wildman–Crippen LogP) is -0.788. The van der Waals surface area contributed by atoms with Gasteiger partial charge in [-0.25, -0.2) is 0 Å². The van der Waals surface area contributed by atoms with Gasteiger partial charge in [-0.3, -0.25) is 19.7 Å². The molecule has 5 heteroatoms. The number of ether oxygens (including phenoxy) is 1. The highest BCUT2D eigenvalue weighted by Gasteiger charge is 2.32. The molecule has 1 fully saturated rings. The SMILES string of the molecule is COC(=O)CC1CC(=O)NC1=O. The first-order chi connectivity index (χ1) is 5.63. The molecule has 0 saturated carbocycles. The van der Waals surface area contributed by atoms with Gasteiger partial charge in [-0.2, -0.15) is 0 Å². The first-order valence-corrected chi connectivity index (χ1v) is 3.54. The second kappa shape index (κ2) is 3.34. The zero-order chi connectivity index (χ0) is 9.14. The summed E-state index contributed by atoms with van der Waals surface area (Å²) in [5, 5.41) is 2.11. The second-order valence-corrected chi connectivity index (χ2v) is 2.59. The van der Waals surface area contributed by atoms with Crippen LogP contribution in [-0.2, 0) is 19.1 Å². The molecule has 0 bridgehead atoms. The third-order valence-corrected chi connectivity index (χ3v) is 1.71. The third-order valence-electron chi connectivity index (χ3n) is 1.71. The summed E-state index contributed by atoms with van der Waals surface area (Å²) < 4.78 is 4.37. The van der Waals surface area contributed by atoms with Crippen molar-refractivity contribution in [3.8, 4) is 0 Å². The van der Waals surface area contributed by atoms with Gasteiger partial charge in [0.2, 0.25) is 11.8 Å². The van der Waals surface area contributed by atoms with Crippen LogP contribution in [0.25, 0.3) is 0 Å². The number of hydrogen-bond donors (Lipinski definition) is 1. The first-order valence-electron chi connectivity index (χ1n) is 3.54. The molecular formula is C7H9NO4. The maximum atomic E-state index is 10.9. The lowest BCUT2D eigenvalue weighted by atomic mass is 10.0. The van der Waals surface area contributed by atoms with Gasteiger partial charge < -0.3 is 4.74 Å². The molecule has 0 aromatic heterocycles. The molecule has 1 aliphatic heterocycles. The van der Waals surface area contributed by atoms with Crippen LogP contribution in [-0.4, -0.2) is 24.9 Å². The van der Waals surface area contributed by atoms with Gasteiger partial charge in [0, 0.05) is 6.42 Å². The Morgan fingerprint density at radius 3 is 2.75 bits per heavy atom. The van der Waals surface area contributed by atoms with Gasteiger partial charge in [0.1, 0.15) is 0 Å². The van der Waals surface area contributed by atoms with Crippen molar-refractivity contribution < 1.29 is 19.1 Å². The lowest BCUT2D eigenvalue weighted by molar-refractivity contribution is -0.143. The molecule has 1 atom stereocenters. The molecule has 0 spiro atoms. The van der Waals surface area contributed by atoms with Crippen molar-refractivity contribution >= 4 is 17.8 Å². The van der Waals surface area contributed by atoms with E-state index in [-0.39, 0.29) is 24.7 Å². The van der Waals surface area contributed by atoms with Crippen molar-refractivity contribution in [2.24, 2.45) is 5.92 Å². The van der Waals surface area contributed by atoms with Crippen LogP contribution in [0.3, 0.4) is 0 Å². The Balaban J connectivity index is 2.48. The number of carbonyl (C=O) groups is 3. The Kier molecular flexibility index (Phi) is 2.42. The van der Waals surface area contributed by atoms with E-state index in [9.17, 15) is 14.4 Å². The van der Waals surface area contributed by atoms with Gasteiger partial charge in [-0.15, -0.1) is 0 Å². The van der Waals surface area contributed by atoms with Gasteiger partial charge in [-0.1, -0.05) is 0 Å². The minimum absolute atomic E-state index is 0.0198. The number of hydrogen-bond acceptors (Lipinski definition) is 4. The Morgan fingerprint density at radius 1 is 1.67 bits per heavy atom. The number of esters is 1. The van der Waals surface area contributed by atoms with Gasteiger partial charge in [0.25, 0.3) is 0 Å². The minimum atomic E-state index is -0.537. The van der Waals surface area contributed by atoms with Crippen molar-refractivity contribution in [3.05, 3.63) is 0 Å². The Hall–Kier alpha value is -1.39. The van der Waals surface area contributed by atoms with Crippen LogP contribution in [0, 0.1) is 5.92 Å². The molecule has 1 unspecified atom stereocenters. The fraction of sp³-hybridized carbons (Fsp3) is 0.571. The van der Waals surface area contributed by atoms with Crippen molar-refractivity contribution in [1.82, 2.24) is 5.32 Å². The summed E-state index contributed by atoms with van der Waals surface area (Å²) in [7, 11) is 1.25. The number of nitrogens with one attached hydrogen (secondary N) is 1. The second-order valence-electron chi connectivity index (χ2n) is 2.59. The number of imide groups is 1. The molecule has 0 aromatic carbocycles. The highest BCUT2D eigenvalue weighted by atomic mass is 16.5. The summed E-state index contributed by atoms with van der Waals surface area (Å²) in [6.07, 6.45) is 0.0714. The Bertz CT molecular complexity index is 236. The Morgan fingerprint density at radius 2 is 2.33 bits per heavy atom. The Labute approximate surface area is 69.1 Å². The van der Waals surface area contributed by atoms with E-state index in [1.807, 2.05) is 0 Å². The van der Waals surface area contributed by atoms with Crippen LogP contribution in [0.4, 0.5) is 0 Å². The zero-order valence-corrected chi connectivity index (χ0v) is 6.62. The smallest absolute Gasteiger partial charge is 0.306 e. The van der Waals surface area contributed by atoms with Gasteiger partial charge in [0.15, 0.2) is 0 Å². The molecule has 12 heavy (non-hydrogen) atoms. The molecule has 1 saturated heterocycles. The summed E-state index contributed by atoms with van der Waals surface area (Å²) in [6.45, 7) is 0. The average Bonchev–Trinajstić information content (AvgIpc) is 2.30. The number of methoxy groups -OCH3 is 1. The van der Waals surface area contributed by atoms with Crippen molar-refractivity contribution in [3.63, 3.8) is 0 Å². The van der Waals surface area contributed by atoms with Gasteiger partial charge >= 0.3 is 5.97 Å². The minimum Gasteiger partial charge on any atom is -0.469 e. The van der Waals surface area contributed by atoms with E-state index in [1.54, 1.807) is 0 Å². The fourth-order valence-corrected chi connectivity index (χ4v) is 1.06. The van der Waals surface area contributed by atoms with E-state index < -0.39 is 11.9 Å². The van der Waals surface area contributed by atoms with E-state index in [0.717, 1.165) is 0 Å². The maximum Gasteiger partial charge on any atom is 0.306 e. The molecular weight excluding hydrogens is 162 g/mol. The lowest BCUT2D eigenvalue weighted by Crippen LogP contribution is -2.23. The summed E-state index contributed by atoms with van der Waals surface area (Å²) >= 11 is 0. The van der Waals surface area contributed by atoms with Crippen LogP contribution < -0.4 is 5.32 Å². The predicted molar refractivity (Wildman–Crippen MR) is 37.9 cm³/mol. The first kappa shape index (κ1) is 8.70. The summed E-state index contributed by atoms with van der Waals surface area (Å²) in [5.74, 6) is -1.71. The monoisotopic (exact) mass is 171 g/mol. The van der Waals surface area contributed by atoms with Gasteiger partial charge in [-0.05, 0) is 0 Å². The molecule has 1 N–H and O–H groups in total. The number of amides is 2. The van der Waals surface area contributed by atoms with E-state index >= 15 is 0 Å². The van der Waals surface area contributed by atoms with E-state index in [2.05, 4.69) is 10.1 Å². The van der Waals surface area contributed by atoms with E-state index in [1.165, 1.54) is 7.11 Å². The highest BCUT2D eigenvalue weighted by molar-refractivity contribution is 6.04. The molecule has 1 heterocycles. The molecule has 0 aliphatic carbocycles. The summed E-state index contributed by atoms with van der Waals surface area (Å²) in [6, 6.07) is 0. The molecule has 0 aromatic rings. The number of rotatable bonds is 2.